The van der Waals surface area contributed by atoms with Crippen LogP contribution in [0.25, 0.3) is 0 Å². The molecule has 108 valence electrons. The van der Waals surface area contributed by atoms with Gasteiger partial charge >= 0.3 is 5.97 Å². The number of nitrogens with one attached hydrogen (secondary N) is 1. The molecule has 6 nitrogen and oxygen atoms in total. The molecule has 0 saturated carbocycles. The summed E-state index contributed by atoms with van der Waals surface area (Å²) < 4.78 is 30.4. The highest BCUT2D eigenvalue weighted by Crippen LogP contribution is 2.12. The number of esters is 1. The van der Waals surface area contributed by atoms with E-state index in [2.05, 4.69) is 21.3 Å². The predicted octanol–water partition coefficient (Wildman–Crippen LogP) is 0.302. The van der Waals surface area contributed by atoms with Crippen LogP contribution in [0.4, 0.5) is 5.69 Å². The van der Waals surface area contributed by atoms with Gasteiger partial charge in [-0.1, -0.05) is 17.9 Å². The van der Waals surface area contributed by atoms with Gasteiger partial charge in [0.25, 0.3) is 0 Å². The monoisotopic (exact) mass is 296 g/mol. The van der Waals surface area contributed by atoms with Gasteiger partial charge < -0.3 is 10.5 Å². The Hall–Kier alpha value is -2.04. The minimum atomic E-state index is -3.79. The number of carbonyl (C=O) groups excluding carboxylic acids is 1. The normalized spacial score (nSPS) is 10.3. The number of hydrogen-bond donors (Lipinski definition) is 2. The van der Waals surface area contributed by atoms with Crippen molar-refractivity contribution in [2.45, 2.75) is 6.92 Å². The van der Waals surface area contributed by atoms with E-state index >= 15 is 0 Å². The van der Waals surface area contributed by atoms with Crippen LogP contribution in [-0.2, 0) is 19.6 Å². The van der Waals surface area contributed by atoms with Crippen LogP contribution in [0.3, 0.4) is 0 Å². The molecule has 1 aromatic carbocycles. The van der Waals surface area contributed by atoms with Crippen molar-refractivity contribution in [3.63, 3.8) is 0 Å². The van der Waals surface area contributed by atoms with Crippen molar-refractivity contribution in [1.29, 1.82) is 0 Å². The molecule has 0 aliphatic rings. The van der Waals surface area contributed by atoms with Gasteiger partial charge in [0.1, 0.15) is 0 Å². The number of anilines is 1. The van der Waals surface area contributed by atoms with Crippen molar-refractivity contribution >= 4 is 21.7 Å². The van der Waals surface area contributed by atoms with Crippen LogP contribution in [0.2, 0.25) is 0 Å². The summed E-state index contributed by atoms with van der Waals surface area (Å²) in [6.45, 7) is 1.97. The molecule has 20 heavy (non-hydrogen) atoms. The quantitative estimate of drug-likeness (QED) is 0.601. The maximum absolute atomic E-state index is 11.7. The highest BCUT2D eigenvalue weighted by atomic mass is 32.2. The van der Waals surface area contributed by atoms with E-state index < -0.39 is 21.7 Å². The van der Waals surface area contributed by atoms with Crippen LogP contribution in [0.5, 0.6) is 0 Å². The molecule has 0 bridgehead atoms. The zero-order valence-electron chi connectivity index (χ0n) is 11.0. The lowest BCUT2D eigenvalue weighted by Gasteiger charge is -2.07. The Labute approximate surface area is 118 Å². The van der Waals surface area contributed by atoms with E-state index in [1.807, 2.05) is 0 Å². The molecule has 0 aliphatic carbocycles. The fourth-order valence-electron chi connectivity index (χ4n) is 1.39. The lowest BCUT2D eigenvalue weighted by molar-refractivity contribution is -0.139. The van der Waals surface area contributed by atoms with Crippen molar-refractivity contribution in [2.24, 2.45) is 5.73 Å². The van der Waals surface area contributed by atoms with Crippen molar-refractivity contribution in [3.05, 3.63) is 29.8 Å². The molecule has 0 aromatic heterocycles. The topological polar surface area (TPSA) is 98.5 Å². The molecule has 1 aromatic rings. The van der Waals surface area contributed by atoms with Crippen LogP contribution in [0.15, 0.2) is 24.3 Å². The maximum atomic E-state index is 11.7. The average Bonchev–Trinajstić information content (AvgIpc) is 2.35. The molecule has 0 radical (unpaired) electrons. The highest BCUT2D eigenvalue weighted by Gasteiger charge is 2.17. The van der Waals surface area contributed by atoms with Gasteiger partial charge in [0.15, 0.2) is 5.75 Å². The fraction of sp³-hybridized carbons (Fsp3) is 0.308. The fourth-order valence-corrected chi connectivity index (χ4v) is 2.34. The summed E-state index contributed by atoms with van der Waals surface area (Å²) in [7, 11) is -3.79. The second-order valence-corrected chi connectivity index (χ2v) is 5.48. The van der Waals surface area contributed by atoms with Gasteiger partial charge in [-0.25, -0.2) is 8.42 Å². The minimum absolute atomic E-state index is 0.137. The Morgan fingerprint density at radius 2 is 2.20 bits per heavy atom. The van der Waals surface area contributed by atoms with Crippen molar-refractivity contribution in [1.82, 2.24) is 0 Å². The summed E-state index contributed by atoms with van der Waals surface area (Å²) in [6, 6.07) is 6.51. The first-order valence-corrected chi connectivity index (χ1v) is 7.57. The largest absolute Gasteiger partial charge is 0.465 e. The van der Waals surface area contributed by atoms with Gasteiger partial charge in [0.2, 0.25) is 10.0 Å². The number of hydrogen-bond acceptors (Lipinski definition) is 5. The number of nitrogens with two attached hydrogens (primary N) is 1. The van der Waals surface area contributed by atoms with Crippen LogP contribution in [0, 0.1) is 11.8 Å². The summed E-state index contributed by atoms with van der Waals surface area (Å²) >= 11 is 0. The van der Waals surface area contributed by atoms with Gasteiger partial charge in [-0.2, -0.15) is 0 Å². The van der Waals surface area contributed by atoms with Crippen molar-refractivity contribution in [3.8, 4) is 11.8 Å². The first-order valence-electron chi connectivity index (χ1n) is 5.92. The van der Waals surface area contributed by atoms with Gasteiger partial charge in [0, 0.05) is 11.3 Å². The van der Waals surface area contributed by atoms with E-state index in [1.165, 1.54) is 0 Å². The van der Waals surface area contributed by atoms with E-state index in [4.69, 9.17) is 5.73 Å². The van der Waals surface area contributed by atoms with Gasteiger partial charge in [0.05, 0.1) is 13.2 Å². The minimum Gasteiger partial charge on any atom is -0.465 e. The predicted molar refractivity (Wildman–Crippen MR) is 76.4 cm³/mol. The second kappa shape index (κ2) is 7.53. The van der Waals surface area contributed by atoms with E-state index in [9.17, 15) is 13.2 Å². The number of carbonyl (C=O) groups is 1. The maximum Gasteiger partial charge on any atom is 0.323 e. The van der Waals surface area contributed by atoms with Crippen molar-refractivity contribution in [2.75, 3.05) is 23.6 Å². The molecule has 0 fully saturated rings. The third-order valence-corrected chi connectivity index (χ3v) is 3.25. The van der Waals surface area contributed by atoms with Crippen molar-refractivity contribution < 1.29 is 17.9 Å². The van der Waals surface area contributed by atoms with E-state index in [1.54, 1.807) is 31.2 Å². The third kappa shape index (κ3) is 5.73. The Balaban J connectivity index is 2.79. The van der Waals surface area contributed by atoms with Gasteiger partial charge in [-0.05, 0) is 25.1 Å². The zero-order chi connectivity index (χ0) is 15.0. The molecule has 0 aliphatic heterocycles. The first-order chi connectivity index (χ1) is 9.46. The Morgan fingerprint density at radius 3 is 2.85 bits per heavy atom. The van der Waals surface area contributed by atoms with Crippen LogP contribution >= 0.6 is 0 Å². The number of sulfonamides is 1. The van der Waals surface area contributed by atoms with Crippen LogP contribution in [0.1, 0.15) is 12.5 Å². The lowest BCUT2D eigenvalue weighted by Crippen LogP contribution is -2.24. The third-order valence-electron chi connectivity index (χ3n) is 2.08. The Morgan fingerprint density at radius 1 is 1.45 bits per heavy atom. The summed E-state index contributed by atoms with van der Waals surface area (Å²) in [4.78, 5) is 11.2. The molecule has 1 rings (SSSR count). The van der Waals surface area contributed by atoms with E-state index in [-0.39, 0.29) is 13.2 Å². The van der Waals surface area contributed by atoms with Gasteiger partial charge in [-0.15, -0.1) is 0 Å². The number of rotatable bonds is 5. The standard InChI is InChI=1S/C13H16N2O4S/c1-2-19-13(16)10-20(17,18)15-12-7-3-5-11(9-12)6-4-8-14/h3,5,7,9,15H,2,8,10,14H2,1H3. The summed E-state index contributed by atoms with van der Waals surface area (Å²) in [5, 5.41) is 0. The summed E-state index contributed by atoms with van der Waals surface area (Å²) in [5.74, 6) is 3.94. The smallest absolute Gasteiger partial charge is 0.323 e. The highest BCUT2D eigenvalue weighted by molar-refractivity contribution is 7.93. The molecule has 3 N–H and O–H groups in total. The lowest BCUT2D eigenvalue weighted by atomic mass is 10.2. The zero-order valence-corrected chi connectivity index (χ0v) is 11.9. The summed E-state index contributed by atoms with van der Waals surface area (Å²) in [5.41, 5.74) is 6.23. The summed E-state index contributed by atoms with van der Waals surface area (Å²) in [6.07, 6.45) is 0. The molecule has 7 heteroatoms. The first kappa shape index (κ1) is 16.0. The molecule has 0 spiro atoms. The second-order valence-electron chi connectivity index (χ2n) is 3.75. The van der Waals surface area contributed by atoms with Gasteiger partial charge in [-0.3, -0.25) is 9.52 Å². The number of benzene rings is 1. The average molecular weight is 296 g/mol. The molecular formula is C13H16N2O4S. The molecule has 0 heterocycles. The molecule has 0 saturated heterocycles. The van der Waals surface area contributed by atoms with E-state index in [0.717, 1.165) is 0 Å². The SMILES string of the molecule is CCOC(=O)CS(=O)(=O)Nc1cccc(C#CCN)c1. The number of ether oxygens (including phenoxy) is 1. The molecule has 0 atom stereocenters. The van der Waals surface area contributed by atoms with Crippen LogP contribution in [-0.4, -0.2) is 33.3 Å². The molecular weight excluding hydrogens is 280 g/mol. The Bertz CT molecular complexity index is 629. The van der Waals surface area contributed by atoms with Crippen LogP contribution < -0.4 is 10.5 Å². The molecule has 0 amide bonds. The molecule has 0 unspecified atom stereocenters. The van der Waals surface area contributed by atoms with E-state index in [0.29, 0.717) is 11.3 Å². The Kier molecular flexibility index (Phi) is 6.03.